The minimum Gasteiger partial charge on any atom is -0.385 e. The SMILES string of the molecule is CC(NC(=O)c1cccc2c1CCCN2)c1ccc(Cl)s1. The van der Waals surface area contributed by atoms with Crippen LogP contribution >= 0.6 is 22.9 Å². The van der Waals surface area contributed by atoms with Gasteiger partial charge < -0.3 is 10.6 Å². The van der Waals surface area contributed by atoms with Crippen molar-refractivity contribution in [2.24, 2.45) is 0 Å². The lowest BCUT2D eigenvalue weighted by Crippen LogP contribution is -2.28. The van der Waals surface area contributed by atoms with E-state index < -0.39 is 0 Å². The molecule has 1 aromatic heterocycles. The van der Waals surface area contributed by atoms with Gasteiger partial charge in [0.2, 0.25) is 0 Å². The van der Waals surface area contributed by atoms with Gasteiger partial charge in [-0.25, -0.2) is 0 Å². The molecule has 1 unspecified atom stereocenters. The summed E-state index contributed by atoms with van der Waals surface area (Å²) >= 11 is 7.45. The van der Waals surface area contributed by atoms with Crippen LogP contribution in [-0.4, -0.2) is 12.5 Å². The van der Waals surface area contributed by atoms with E-state index in [2.05, 4.69) is 10.6 Å². The topological polar surface area (TPSA) is 41.1 Å². The molecule has 1 aliphatic heterocycles. The largest absolute Gasteiger partial charge is 0.385 e. The zero-order valence-electron chi connectivity index (χ0n) is 11.8. The van der Waals surface area contributed by atoms with Crippen molar-refractivity contribution in [3.05, 3.63) is 50.7 Å². The molecule has 0 aliphatic carbocycles. The van der Waals surface area contributed by atoms with Crippen LogP contribution < -0.4 is 10.6 Å². The van der Waals surface area contributed by atoms with Crippen molar-refractivity contribution in [1.29, 1.82) is 0 Å². The van der Waals surface area contributed by atoms with Crippen LogP contribution in [0.15, 0.2) is 30.3 Å². The maximum atomic E-state index is 12.5. The summed E-state index contributed by atoms with van der Waals surface area (Å²) in [6.07, 6.45) is 2.01. The predicted molar refractivity (Wildman–Crippen MR) is 88.5 cm³/mol. The van der Waals surface area contributed by atoms with Crippen LogP contribution in [0, 0.1) is 0 Å². The molecule has 1 aliphatic rings. The van der Waals surface area contributed by atoms with Crippen molar-refractivity contribution >= 4 is 34.5 Å². The number of amides is 1. The molecule has 2 heterocycles. The molecular weight excluding hydrogens is 304 g/mol. The molecule has 0 bridgehead atoms. The molecule has 3 nitrogen and oxygen atoms in total. The number of carbonyl (C=O) groups is 1. The molecule has 1 aromatic carbocycles. The minimum absolute atomic E-state index is 0.0208. The molecule has 110 valence electrons. The highest BCUT2D eigenvalue weighted by Crippen LogP contribution is 2.28. The first kappa shape index (κ1) is 14.4. The van der Waals surface area contributed by atoms with E-state index in [-0.39, 0.29) is 11.9 Å². The number of halogens is 1. The van der Waals surface area contributed by atoms with E-state index in [1.165, 1.54) is 11.3 Å². The third kappa shape index (κ3) is 3.06. The maximum Gasteiger partial charge on any atom is 0.252 e. The fourth-order valence-corrected chi connectivity index (χ4v) is 3.69. The van der Waals surface area contributed by atoms with Crippen molar-refractivity contribution in [3.63, 3.8) is 0 Å². The Kier molecular flexibility index (Phi) is 4.17. The Labute approximate surface area is 133 Å². The fourth-order valence-electron chi connectivity index (χ4n) is 2.63. The second-order valence-electron chi connectivity index (χ2n) is 5.20. The molecule has 21 heavy (non-hydrogen) atoms. The maximum absolute atomic E-state index is 12.5. The van der Waals surface area contributed by atoms with Gasteiger partial charge in [-0.05, 0) is 49.6 Å². The Morgan fingerprint density at radius 2 is 2.24 bits per heavy atom. The molecule has 0 radical (unpaired) electrons. The first-order valence-electron chi connectivity index (χ1n) is 7.07. The van der Waals surface area contributed by atoms with Gasteiger partial charge in [0.05, 0.1) is 10.4 Å². The lowest BCUT2D eigenvalue weighted by atomic mass is 9.97. The highest BCUT2D eigenvalue weighted by molar-refractivity contribution is 7.16. The van der Waals surface area contributed by atoms with Gasteiger partial charge in [0, 0.05) is 22.7 Å². The third-order valence-corrected chi connectivity index (χ3v) is 5.12. The van der Waals surface area contributed by atoms with Gasteiger partial charge in [-0.3, -0.25) is 4.79 Å². The van der Waals surface area contributed by atoms with Crippen LogP contribution in [0.2, 0.25) is 4.34 Å². The van der Waals surface area contributed by atoms with Crippen molar-refractivity contribution in [1.82, 2.24) is 5.32 Å². The quantitative estimate of drug-likeness (QED) is 0.887. The van der Waals surface area contributed by atoms with Crippen LogP contribution in [-0.2, 0) is 6.42 Å². The number of benzene rings is 1. The van der Waals surface area contributed by atoms with Crippen LogP contribution in [0.3, 0.4) is 0 Å². The zero-order chi connectivity index (χ0) is 14.8. The Hall–Kier alpha value is -1.52. The lowest BCUT2D eigenvalue weighted by Gasteiger charge is -2.21. The molecular formula is C16H17ClN2OS. The van der Waals surface area contributed by atoms with Crippen molar-refractivity contribution in [3.8, 4) is 0 Å². The Morgan fingerprint density at radius 1 is 1.38 bits per heavy atom. The second kappa shape index (κ2) is 6.08. The van der Waals surface area contributed by atoms with E-state index in [0.717, 1.165) is 45.4 Å². The molecule has 0 fully saturated rings. The standard InChI is InChI=1S/C16H17ClN2OS/c1-10(14-7-8-15(17)21-14)19-16(20)12-4-2-6-13-11(12)5-3-9-18-13/h2,4,6-8,10,18H,3,5,9H2,1H3,(H,19,20). The molecule has 0 spiro atoms. The lowest BCUT2D eigenvalue weighted by molar-refractivity contribution is 0.0939. The third-order valence-electron chi connectivity index (χ3n) is 3.71. The number of hydrogen-bond acceptors (Lipinski definition) is 3. The molecule has 1 atom stereocenters. The number of thiophene rings is 1. The van der Waals surface area contributed by atoms with Crippen LogP contribution in [0.5, 0.6) is 0 Å². The summed E-state index contributed by atoms with van der Waals surface area (Å²) in [6.45, 7) is 2.95. The predicted octanol–water partition coefficient (Wildman–Crippen LogP) is 4.25. The Balaban J connectivity index is 1.79. The number of nitrogens with one attached hydrogen (secondary N) is 2. The van der Waals surface area contributed by atoms with E-state index in [0.29, 0.717) is 0 Å². The molecule has 3 rings (SSSR count). The van der Waals surface area contributed by atoms with E-state index in [4.69, 9.17) is 11.6 Å². The van der Waals surface area contributed by atoms with Gasteiger partial charge in [-0.15, -0.1) is 11.3 Å². The smallest absolute Gasteiger partial charge is 0.252 e. The van der Waals surface area contributed by atoms with Crippen molar-refractivity contribution in [2.45, 2.75) is 25.8 Å². The van der Waals surface area contributed by atoms with E-state index in [1.54, 1.807) is 0 Å². The first-order chi connectivity index (χ1) is 10.1. The van der Waals surface area contributed by atoms with Gasteiger partial charge in [-0.1, -0.05) is 17.7 Å². The second-order valence-corrected chi connectivity index (χ2v) is 6.95. The summed E-state index contributed by atoms with van der Waals surface area (Å²) in [6, 6.07) is 9.64. The minimum atomic E-state index is -0.0394. The van der Waals surface area contributed by atoms with E-state index in [9.17, 15) is 4.79 Å². The highest BCUT2D eigenvalue weighted by atomic mass is 35.5. The average Bonchev–Trinajstić information content (AvgIpc) is 2.93. The van der Waals surface area contributed by atoms with Gasteiger partial charge in [0.1, 0.15) is 0 Å². The molecule has 0 saturated heterocycles. The van der Waals surface area contributed by atoms with Gasteiger partial charge >= 0.3 is 0 Å². The summed E-state index contributed by atoms with van der Waals surface area (Å²) in [7, 11) is 0. The number of hydrogen-bond donors (Lipinski definition) is 2. The molecule has 5 heteroatoms. The molecule has 2 aromatic rings. The number of rotatable bonds is 3. The van der Waals surface area contributed by atoms with Gasteiger partial charge in [-0.2, -0.15) is 0 Å². The zero-order valence-corrected chi connectivity index (χ0v) is 13.4. The fraction of sp³-hybridized carbons (Fsp3) is 0.312. The van der Waals surface area contributed by atoms with Crippen LogP contribution in [0.4, 0.5) is 5.69 Å². The monoisotopic (exact) mass is 320 g/mol. The van der Waals surface area contributed by atoms with Crippen LogP contribution in [0.25, 0.3) is 0 Å². The number of carbonyl (C=O) groups excluding carboxylic acids is 1. The summed E-state index contributed by atoms with van der Waals surface area (Å²) < 4.78 is 0.743. The van der Waals surface area contributed by atoms with E-state index >= 15 is 0 Å². The van der Waals surface area contributed by atoms with Gasteiger partial charge in [0.15, 0.2) is 0 Å². The van der Waals surface area contributed by atoms with Crippen molar-refractivity contribution in [2.75, 3.05) is 11.9 Å². The summed E-state index contributed by atoms with van der Waals surface area (Å²) in [4.78, 5) is 13.6. The van der Waals surface area contributed by atoms with Crippen LogP contribution in [0.1, 0.15) is 40.2 Å². The Morgan fingerprint density at radius 3 is 3.00 bits per heavy atom. The number of fused-ring (bicyclic) bond motifs is 1. The van der Waals surface area contributed by atoms with E-state index in [1.807, 2.05) is 37.3 Å². The van der Waals surface area contributed by atoms with Crippen molar-refractivity contribution < 1.29 is 4.79 Å². The summed E-state index contributed by atoms with van der Waals surface area (Å²) in [5.74, 6) is -0.0208. The Bertz CT molecular complexity index is 668. The average molecular weight is 321 g/mol. The number of anilines is 1. The normalized spacial score (nSPS) is 15.0. The molecule has 2 N–H and O–H groups in total. The highest BCUT2D eigenvalue weighted by Gasteiger charge is 2.19. The molecule has 1 amide bonds. The molecule has 0 saturated carbocycles. The summed E-state index contributed by atoms with van der Waals surface area (Å²) in [5.41, 5.74) is 2.98. The first-order valence-corrected chi connectivity index (χ1v) is 8.26. The summed E-state index contributed by atoms with van der Waals surface area (Å²) in [5, 5.41) is 6.41. The van der Waals surface area contributed by atoms with Gasteiger partial charge in [0.25, 0.3) is 5.91 Å².